The zero-order chi connectivity index (χ0) is 38.3. The van der Waals surface area contributed by atoms with Crippen LogP contribution in [0.2, 0.25) is 0 Å². The van der Waals surface area contributed by atoms with Gasteiger partial charge in [0.1, 0.15) is 0 Å². The van der Waals surface area contributed by atoms with Crippen molar-refractivity contribution in [2.24, 2.45) is 0 Å². The molecular weight excluding hydrogens is 693 g/mol. The van der Waals surface area contributed by atoms with Crippen molar-refractivity contribution in [3.8, 4) is 22.9 Å². The number of amides is 4. The van der Waals surface area contributed by atoms with Crippen LogP contribution < -0.4 is 10.6 Å². The van der Waals surface area contributed by atoms with Gasteiger partial charge in [0.25, 0.3) is 11.8 Å². The van der Waals surface area contributed by atoms with Gasteiger partial charge in [0.2, 0.25) is 23.6 Å². The van der Waals surface area contributed by atoms with Gasteiger partial charge in [-0.3, -0.25) is 19.2 Å². The molecule has 4 amide bonds. The van der Waals surface area contributed by atoms with Crippen molar-refractivity contribution in [2.45, 2.75) is 77.3 Å². The number of aromatic nitrogens is 2. The summed E-state index contributed by atoms with van der Waals surface area (Å²) in [4.78, 5) is 56.5. The number of carbonyl (C=O) groups is 4. The van der Waals surface area contributed by atoms with Crippen LogP contribution >= 0.6 is 0 Å². The molecule has 4 aromatic carbocycles. The average molecular weight is 739 g/mol. The second kappa shape index (κ2) is 16.9. The third-order valence-corrected chi connectivity index (χ3v) is 10.6. The Morgan fingerprint density at radius 3 is 1.40 bits per heavy atom. The molecule has 2 aliphatic rings. The number of anilines is 2. The van der Waals surface area contributed by atoms with Crippen LogP contribution in [-0.2, 0) is 22.4 Å². The Hall–Kier alpha value is -6.10. The number of carbonyl (C=O) groups excluding carboxylic acids is 4. The molecule has 11 nitrogen and oxygen atoms in total. The van der Waals surface area contributed by atoms with Gasteiger partial charge in [-0.1, -0.05) is 50.2 Å². The molecule has 2 atom stereocenters. The first-order valence-corrected chi connectivity index (χ1v) is 19.2. The van der Waals surface area contributed by atoms with E-state index in [4.69, 9.17) is 4.42 Å². The lowest BCUT2D eigenvalue weighted by atomic mass is 10.0. The van der Waals surface area contributed by atoms with Crippen LogP contribution in [0.4, 0.5) is 11.4 Å². The first-order chi connectivity index (χ1) is 26.8. The van der Waals surface area contributed by atoms with Crippen LogP contribution in [0.15, 0.2) is 101 Å². The van der Waals surface area contributed by atoms with Crippen molar-refractivity contribution in [3.05, 3.63) is 119 Å². The fourth-order valence-corrected chi connectivity index (χ4v) is 7.72. The second-order valence-corrected chi connectivity index (χ2v) is 14.2. The Balaban J connectivity index is 0.909. The minimum atomic E-state index is -0.148. The number of hydrogen-bond acceptors (Lipinski definition) is 7. The average Bonchev–Trinajstić information content (AvgIpc) is 4.00. The van der Waals surface area contributed by atoms with Gasteiger partial charge < -0.3 is 24.9 Å². The van der Waals surface area contributed by atoms with Gasteiger partial charge in [-0.15, -0.1) is 10.2 Å². The minimum absolute atomic E-state index is 0.00943. The number of benzene rings is 4. The second-order valence-electron chi connectivity index (χ2n) is 14.2. The van der Waals surface area contributed by atoms with E-state index in [1.165, 1.54) is 0 Å². The molecule has 1 aromatic heterocycles. The number of nitrogens with zero attached hydrogens (tertiary/aromatic N) is 4. The number of aryl methyl sites for hydroxylation is 2. The fourth-order valence-electron chi connectivity index (χ4n) is 7.72. The highest BCUT2D eigenvalue weighted by atomic mass is 16.4. The summed E-state index contributed by atoms with van der Waals surface area (Å²) in [6, 6.07) is 29.4. The summed E-state index contributed by atoms with van der Waals surface area (Å²) in [5.74, 6) is 0.342. The third kappa shape index (κ3) is 8.51. The lowest BCUT2D eigenvalue weighted by molar-refractivity contribution is -0.117. The molecule has 7 rings (SSSR count). The van der Waals surface area contributed by atoms with E-state index < -0.39 is 0 Å². The normalized spacial score (nSPS) is 16.6. The number of likely N-dealkylation sites (tertiary alicyclic amines) is 2. The summed E-state index contributed by atoms with van der Waals surface area (Å²) in [5, 5.41) is 14.4. The third-order valence-electron chi connectivity index (χ3n) is 10.6. The fraction of sp³-hybridized carbons (Fsp3) is 0.318. The van der Waals surface area contributed by atoms with E-state index in [1.54, 1.807) is 48.5 Å². The summed E-state index contributed by atoms with van der Waals surface area (Å²) < 4.78 is 5.98. The molecule has 2 N–H and O–H groups in total. The summed E-state index contributed by atoms with van der Waals surface area (Å²) >= 11 is 0. The van der Waals surface area contributed by atoms with Crippen molar-refractivity contribution in [1.82, 2.24) is 20.0 Å². The highest BCUT2D eigenvalue weighted by molar-refractivity contribution is 5.98. The lowest BCUT2D eigenvalue weighted by Crippen LogP contribution is -2.38. The van der Waals surface area contributed by atoms with Gasteiger partial charge in [0, 0.05) is 71.6 Å². The number of hydrogen-bond donors (Lipinski definition) is 2. The van der Waals surface area contributed by atoms with E-state index in [9.17, 15) is 19.2 Å². The van der Waals surface area contributed by atoms with Crippen molar-refractivity contribution >= 4 is 35.0 Å². The highest BCUT2D eigenvalue weighted by Crippen LogP contribution is 2.29. The lowest BCUT2D eigenvalue weighted by Gasteiger charge is -2.25. The maximum Gasteiger partial charge on any atom is 0.254 e. The zero-order valence-corrected chi connectivity index (χ0v) is 31.3. The molecule has 2 fully saturated rings. The number of nitrogens with one attached hydrogen (secondary N) is 2. The molecule has 5 aromatic rings. The van der Waals surface area contributed by atoms with Crippen LogP contribution in [0.25, 0.3) is 22.9 Å². The molecule has 55 heavy (non-hydrogen) atoms. The van der Waals surface area contributed by atoms with Crippen LogP contribution in [-0.4, -0.2) is 68.8 Å². The van der Waals surface area contributed by atoms with Crippen LogP contribution in [0.1, 0.15) is 84.2 Å². The Kier molecular flexibility index (Phi) is 11.5. The summed E-state index contributed by atoms with van der Waals surface area (Å²) in [6.45, 7) is 5.38. The van der Waals surface area contributed by atoms with Crippen molar-refractivity contribution in [1.29, 1.82) is 0 Å². The molecule has 3 heterocycles. The molecular formula is C44H46N6O5. The smallest absolute Gasteiger partial charge is 0.254 e. The topological polar surface area (TPSA) is 138 Å². The standard InChI is InChI=1S/C44H46N6O5/c1-3-29-11-5-7-15-37(29)43(53)49-25-9-13-35(49)27-39(51)45-33-21-17-31(18-22-33)41-47-48-42(55-41)32-19-23-34(24-20-32)46-40(52)28-36-14-10-26-50(36)44(54)38-16-8-6-12-30(38)4-2/h5-8,11-12,15-24,35-36H,3-4,9-10,13-14,25-28H2,1-2H3,(H,45,51)(H,46,52)/t35-,36-/m0/s1. The largest absolute Gasteiger partial charge is 0.416 e. The molecule has 2 aliphatic heterocycles. The van der Waals surface area contributed by atoms with Crippen LogP contribution in [0, 0.1) is 0 Å². The molecule has 2 saturated heterocycles. The molecule has 0 saturated carbocycles. The Labute approximate surface area is 321 Å². The van der Waals surface area contributed by atoms with E-state index in [0.29, 0.717) is 58.5 Å². The summed E-state index contributed by atoms with van der Waals surface area (Å²) in [6.07, 6.45) is 5.34. The van der Waals surface area contributed by atoms with Crippen molar-refractivity contribution < 1.29 is 23.6 Å². The zero-order valence-electron chi connectivity index (χ0n) is 31.3. The van der Waals surface area contributed by atoms with Crippen molar-refractivity contribution in [2.75, 3.05) is 23.7 Å². The Bertz CT molecular complexity index is 2010. The van der Waals surface area contributed by atoms with Crippen molar-refractivity contribution in [3.63, 3.8) is 0 Å². The summed E-state index contributed by atoms with van der Waals surface area (Å²) in [5.41, 5.74) is 6.11. The molecule has 0 spiro atoms. The quantitative estimate of drug-likeness (QED) is 0.133. The monoisotopic (exact) mass is 738 g/mol. The minimum Gasteiger partial charge on any atom is -0.416 e. The van der Waals surface area contributed by atoms with Gasteiger partial charge >= 0.3 is 0 Å². The molecule has 0 bridgehead atoms. The molecule has 282 valence electrons. The first-order valence-electron chi connectivity index (χ1n) is 19.2. The number of rotatable bonds is 12. The van der Waals surface area contributed by atoms with E-state index >= 15 is 0 Å². The predicted octanol–water partition coefficient (Wildman–Crippen LogP) is 7.80. The van der Waals surface area contributed by atoms with Gasteiger partial charge in [-0.05, 0) is 110 Å². The van der Waals surface area contributed by atoms with E-state index in [-0.39, 0.29) is 48.6 Å². The molecule has 0 radical (unpaired) electrons. The molecule has 0 aliphatic carbocycles. The van der Waals surface area contributed by atoms with E-state index in [2.05, 4.69) is 20.8 Å². The SMILES string of the molecule is CCc1ccccc1C(=O)N1CCC[C@H]1CC(=O)Nc1ccc(-c2nnc(-c3ccc(NC(=O)C[C@@H]4CCCN4C(=O)c4ccccc4CC)cc3)o2)cc1. The van der Waals surface area contributed by atoms with Gasteiger partial charge in [-0.25, -0.2) is 0 Å². The van der Waals surface area contributed by atoms with Crippen LogP contribution in [0.5, 0.6) is 0 Å². The maximum atomic E-state index is 13.4. The van der Waals surface area contributed by atoms with E-state index in [0.717, 1.165) is 49.7 Å². The predicted molar refractivity (Wildman–Crippen MR) is 211 cm³/mol. The molecule has 11 heteroatoms. The first kappa shape index (κ1) is 37.2. The van der Waals surface area contributed by atoms with Crippen LogP contribution in [0.3, 0.4) is 0 Å². The highest BCUT2D eigenvalue weighted by Gasteiger charge is 2.33. The maximum absolute atomic E-state index is 13.4. The van der Waals surface area contributed by atoms with Gasteiger partial charge in [0.05, 0.1) is 0 Å². The van der Waals surface area contributed by atoms with E-state index in [1.807, 2.05) is 72.2 Å². The van der Waals surface area contributed by atoms with Gasteiger partial charge in [0.15, 0.2) is 0 Å². The Morgan fingerprint density at radius 1 is 0.600 bits per heavy atom. The Morgan fingerprint density at radius 2 is 1.00 bits per heavy atom. The summed E-state index contributed by atoms with van der Waals surface area (Å²) in [7, 11) is 0. The van der Waals surface area contributed by atoms with Gasteiger partial charge in [-0.2, -0.15) is 0 Å². The molecule has 0 unspecified atom stereocenters.